The maximum absolute atomic E-state index is 12.0. The van der Waals surface area contributed by atoms with E-state index in [0.29, 0.717) is 17.7 Å². The van der Waals surface area contributed by atoms with Gasteiger partial charge in [0.05, 0.1) is 7.11 Å². The molecule has 1 aliphatic carbocycles. The Kier molecular flexibility index (Phi) is 3.66. The molecule has 4 heteroatoms. The first-order chi connectivity index (χ1) is 10.8. The van der Waals surface area contributed by atoms with Crippen molar-refractivity contribution in [2.45, 2.75) is 52.6 Å². The minimum atomic E-state index is -0.509. The third-order valence-electron chi connectivity index (χ3n) is 5.39. The highest BCUT2D eigenvalue weighted by Crippen LogP contribution is 2.52. The minimum Gasteiger partial charge on any atom is -0.507 e. The van der Waals surface area contributed by atoms with Gasteiger partial charge in [-0.2, -0.15) is 0 Å². The molecule has 23 heavy (non-hydrogen) atoms. The van der Waals surface area contributed by atoms with E-state index in [1.807, 2.05) is 6.07 Å². The molecular formula is C19H24O4. The lowest BCUT2D eigenvalue weighted by molar-refractivity contribution is 0.0395. The number of carbonyl (C=O) groups excluding carboxylic acids is 1. The molecular weight excluding hydrogens is 292 g/mol. The van der Waals surface area contributed by atoms with Crippen molar-refractivity contribution in [3.8, 4) is 11.5 Å². The normalized spacial score (nSPS) is 25.4. The highest BCUT2D eigenvalue weighted by Gasteiger charge is 2.48. The van der Waals surface area contributed by atoms with E-state index in [-0.39, 0.29) is 22.8 Å². The van der Waals surface area contributed by atoms with Crippen molar-refractivity contribution >= 4 is 5.97 Å². The second-order valence-corrected chi connectivity index (χ2v) is 7.08. The van der Waals surface area contributed by atoms with Crippen LogP contribution in [-0.4, -0.2) is 23.8 Å². The predicted molar refractivity (Wildman–Crippen MR) is 88.0 cm³/mol. The van der Waals surface area contributed by atoms with Crippen molar-refractivity contribution in [3.05, 3.63) is 33.9 Å². The third-order valence-corrected chi connectivity index (χ3v) is 5.39. The van der Waals surface area contributed by atoms with Crippen LogP contribution < -0.4 is 4.74 Å². The summed E-state index contributed by atoms with van der Waals surface area (Å²) in [7, 11) is 1.33. The number of fused-ring (bicyclic) bond motifs is 2. The second kappa shape index (κ2) is 5.29. The first-order valence-corrected chi connectivity index (χ1v) is 8.07. The fourth-order valence-corrected chi connectivity index (χ4v) is 4.07. The van der Waals surface area contributed by atoms with E-state index in [9.17, 15) is 9.90 Å². The summed E-state index contributed by atoms with van der Waals surface area (Å²) in [6.07, 6.45) is 2.71. The summed E-state index contributed by atoms with van der Waals surface area (Å²) >= 11 is 0. The number of benzene rings is 1. The van der Waals surface area contributed by atoms with Crippen molar-refractivity contribution in [2.75, 3.05) is 7.11 Å². The van der Waals surface area contributed by atoms with E-state index in [2.05, 4.69) is 20.8 Å². The molecule has 1 heterocycles. The number of aromatic hydroxyl groups is 1. The second-order valence-electron chi connectivity index (χ2n) is 7.08. The van der Waals surface area contributed by atoms with Crippen molar-refractivity contribution in [2.24, 2.45) is 5.92 Å². The zero-order valence-corrected chi connectivity index (χ0v) is 14.4. The van der Waals surface area contributed by atoms with Gasteiger partial charge in [-0.3, -0.25) is 0 Å². The summed E-state index contributed by atoms with van der Waals surface area (Å²) in [4.78, 5) is 12.0. The molecule has 0 unspecified atom stereocenters. The molecule has 2 atom stereocenters. The number of rotatable bonds is 1. The summed E-state index contributed by atoms with van der Waals surface area (Å²) < 4.78 is 11.1. The van der Waals surface area contributed by atoms with E-state index >= 15 is 0 Å². The van der Waals surface area contributed by atoms with Gasteiger partial charge in [-0.1, -0.05) is 11.1 Å². The van der Waals surface area contributed by atoms with Crippen molar-refractivity contribution < 1.29 is 19.4 Å². The molecule has 1 aliphatic heterocycles. The Balaban J connectivity index is 2.13. The molecule has 1 fully saturated rings. The fraction of sp³-hybridized carbons (Fsp3) is 0.526. The number of hydrogen-bond donors (Lipinski definition) is 1. The number of esters is 1. The van der Waals surface area contributed by atoms with Gasteiger partial charge in [0.15, 0.2) is 0 Å². The highest BCUT2D eigenvalue weighted by molar-refractivity contribution is 5.95. The van der Waals surface area contributed by atoms with Gasteiger partial charge in [0, 0.05) is 11.5 Å². The molecule has 0 spiro atoms. The van der Waals surface area contributed by atoms with Crippen LogP contribution in [0.4, 0.5) is 0 Å². The Hall–Kier alpha value is -1.97. The van der Waals surface area contributed by atoms with Crippen LogP contribution in [0.3, 0.4) is 0 Å². The molecule has 1 saturated carbocycles. The fourth-order valence-electron chi connectivity index (χ4n) is 4.07. The van der Waals surface area contributed by atoms with Gasteiger partial charge in [-0.15, -0.1) is 0 Å². The zero-order valence-electron chi connectivity index (χ0n) is 14.4. The largest absolute Gasteiger partial charge is 0.507 e. The molecule has 4 nitrogen and oxygen atoms in total. The summed E-state index contributed by atoms with van der Waals surface area (Å²) in [5.74, 6) is 0.444. The quantitative estimate of drug-likeness (QED) is 0.630. The molecule has 1 aromatic rings. The lowest BCUT2D eigenvalue weighted by atomic mass is 9.80. The first-order valence-electron chi connectivity index (χ1n) is 8.07. The van der Waals surface area contributed by atoms with Crippen LogP contribution in [-0.2, 0) is 11.2 Å². The van der Waals surface area contributed by atoms with Crippen molar-refractivity contribution in [1.29, 1.82) is 0 Å². The molecule has 0 aromatic heterocycles. The van der Waals surface area contributed by atoms with Gasteiger partial charge in [0.25, 0.3) is 0 Å². The number of phenols is 1. The maximum Gasteiger partial charge on any atom is 0.341 e. The Morgan fingerprint density at radius 1 is 1.43 bits per heavy atom. The lowest BCUT2D eigenvalue weighted by Gasteiger charge is -2.39. The molecule has 0 saturated heterocycles. The van der Waals surface area contributed by atoms with E-state index in [4.69, 9.17) is 9.47 Å². The average molecular weight is 316 g/mol. The van der Waals surface area contributed by atoms with Crippen LogP contribution in [0.15, 0.2) is 17.2 Å². The highest BCUT2D eigenvalue weighted by atomic mass is 16.5. The summed E-state index contributed by atoms with van der Waals surface area (Å²) in [6, 6.07) is 1.85. The Morgan fingerprint density at radius 3 is 2.74 bits per heavy atom. The Bertz CT molecular complexity index is 713. The zero-order chi connectivity index (χ0) is 16.9. The minimum absolute atomic E-state index is 0.00825. The standard InChI is InChI=1S/C19H24O4/c1-10(2)12-6-7-19(4)14(12)9-13-15(23-19)8-11(3)16(17(13)20)18(21)22-5/h8,14,20H,6-7,9H2,1-5H3/t14-,19+/m1/s1. The Morgan fingerprint density at radius 2 is 2.13 bits per heavy atom. The molecule has 3 rings (SSSR count). The van der Waals surface area contributed by atoms with Gasteiger partial charge in [-0.25, -0.2) is 4.79 Å². The number of aryl methyl sites for hydroxylation is 1. The monoisotopic (exact) mass is 316 g/mol. The van der Waals surface area contributed by atoms with E-state index in [0.717, 1.165) is 18.4 Å². The number of ether oxygens (including phenoxy) is 2. The molecule has 2 aliphatic rings. The molecule has 124 valence electrons. The summed E-state index contributed by atoms with van der Waals surface area (Å²) in [6.45, 7) is 8.20. The third kappa shape index (κ3) is 2.32. The summed E-state index contributed by atoms with van der Waals surface area (Å²) in [5.41, 5.74) is 4.15. The molecule has 1 aromatic carbocycles. The predicted octanol–water partition coefficient (Wildman–Crippen LogP) is 3.93. The average Bonchev–Trinajstić information content (AvgIpc) is 2.81. The lowest BCUT2D eigenvalue weighted by Crippen LogP contribution is -2.41. The number of allylic oxidation sites excluding steroid dienone is 1. The van der Waals surface area contributed by atoms with Crippen LogP contribution >= 0.6 is 0 Å². The van der Waals surface area contributed by atoms with E-state index in [1.165, 1.54) is 18.3 Å². The summed E-state index contributed by atoms with van der Waals surface area (Å²) in [5, 5.41) is 10.6. The molecule has 0 radical (unpaired) electrons. The maximum atomic E-state index is 12.0. The van der Waals surface area contributed by atoms with Gasteiger partial charge in [0.2, 0.25) is 0 Å². The van der Waals surface area contributed by atoms with Gasteiger partial charge < -0.3 is 14.6 Å². The van der Waals surface area contributed by atoms with Gasteiger partial charge in [-0.05, 0) is 58.6 Å². The van der Waals surface area contributed by atoms with Crippen molar-refractivity contribution in [1.82, 2.24) is 0 Å². The van der Waals surface area contributed by atoms with E-state index in [1.54, 1.807) is 6.92 Å². The van der Waals surface area contributed by atoms with Crippen LogP contribution in [0.2, 0.25) is 0 Å². The number of methoxy groups -OCH3 is 1. The molecule has 1 N–H and O–H groups in total. The number of carbonyl (C=O) groups is 1. The van der Waals surface area contributed by atoms with Crippen LogP contribution in [0, 0.1) is 12.8 Å². The number of phenolic OH excluding ortho intramolecular Hbond substituents is 1. The number of hydrogen-bond acceptors (Lipinski definition) is 4. The first kappa shape index (κ1) is 15.9. The van der Waals surface area contributed by atoms with Crippen LogP contribution in [0.5, 0.6) is 11.5 Å². The topological polar surface area (TPSA) is 55.8 Å². The van der Waals surface area contributed by atoms with Crippen LogP contribution in [0.25, 0.3) is 0 Å². The van der Waals surface area contributed by atoms with Gasteiger partial charge >= 0.3 is 5.97 Å². The van der Waals surface area contributed by atoms with Gasteiger partial charge in [0.1, 0.15) is 22.7 Å². The smallest absolute Gasteiger partial charge is 0.341 e. The van der Waals surface area contributed by atoms with E-state index < -0.39 is 5.97 Å². The Labute approximate surface area is 137 Å². The molecule has 0 bridgehead atoms. The SMILES string of the molecule is COC(=O)c1c(C)cc2c(c1O)C[C@@H]1C(=C(C)C)CC[C@]1(C)O2. The van der Waals surface area contributed by atoms with Crippen molar-refractivity contribution in [3.63, 3.8) is 0 Å². The van der Waals surface area contributed by atoms with Crippen LogP contribution in [0.1, 0.15) is 55.1 Å². The molecule has 0 amide bonds.